The van der Waals surface area contributed by atoms with Gasteiger partial charge in [0, 0.05) is 36.3 Å². The molecule has 10 aliphatic rings. The summed E-state index contributed by atoms with van der Waals surface area (Å²) in [7, 11) is 0. The van der Waals surface area contributed by atoms with Gasteiger partial charge in [-0.3, -0.25) is 14.4 Å². The number of carboxylic acids is 2. The van der Waals surface area contributed by atoms with Crippen molar-refractivity contribution in [1.82, 2.24) is 25.9 Å². The van der Waals surface area contributed by atoms with E-state index in [1.807, 2.05) is 29.2 Å². The molecule has 5 N–H and O–H groups in total. The monoisotopic (exact) mass is 900 g/mol. The molecule has 8 aliphatic carbocycles. The quantitative estimate of drug-likeness (QED) is 0.109. The second kappa shape index (κ2) is 19.2. The van der Waals surface area contributed by atoms with Crippen LogP contribution >= 0.6 is 23.5 Å². The lowest BCUT2D eigenvalue weighted by molar-refractivity contribution is -0.139. The summed E-state index contributed by atoms with van der Waals surface area (Å²) in [6, 6.07) is 7.58. The molecule has 2 amide bonds. The van der Waals surface area contributed by atoms with Crippen LogP contribution in [0.1, 0.15) is 143 Å². The summed E-state index contributed by atoms with van der Waals surface area (Å²) >= 11 is 3.22. The average Bonchev–Trinajstić information content (AvgIpc) is 3.95. The Bertz CT molecular complexity index is 1970. The molecule has 2 aliphatic heterocycles. The van der Waals surface area contributed by atoms with E-state index in [1.54, 1.807) is 23.5 Å². The molecule has 0 spiro atoms. The van der Waals surface area contributed by atoms with Crippen LogP contribution in [0.4, 0.5) is 5.82 Å². The molecule has 63 heavy (non-hydrogen) atoms. The number of amides is 2. The largest absolute Gasteiger partial charge is 0.481 e. The first kappa shape index (κ1) is 44.8. The highest BCUT2D eigenvalue weighted by Gasteiger charge is 2.50. The number of carbonyl (C=O) groups is 4. The molecule has 342 valence electrons. The number of nitrogens with zero attached hydrogens (tertiary/aromatic N) is 3. The Labute approximate surface area is 381 Å². The number of aromatic nitrogens is 2. The van der Waals surface area contributed by atoms with Crippen LogP contribution in [0.3, 0.4) is 0 Å². The van der Waals surface area contributed by atoms with Crippen molar-refractivity contribution in [2.45, 2.75) is 150 Å². The van der Waals surface area contributed by atoms with E-state index in [1.165, 1.54) is 64.2 Å². The molecule has 0 unspecified atom stereocenters. The van der Waals surface area contributed by atoms with Crippen LogP contribution in [0.15, 0.2) is 34.3 Å². The van der Waals surface area contributed by atoms with Gasteiger partial charge >= 0.3 is 11.9 Å². The minimum Gasteiger partial charge on any atom is -0.481 e. The van der Waals surface area contributed by atoms with Gasteiger partial charge in [-0.15, -0.1) is 23.5 Å². The SMILES string of the molecule is CCCSc1nc(N2CCC[C@H]2C(=O)O)ccc1C(=O)NC1C2CC3CC(C2)CC1C3.CCCSc1nc([C@@]2(CC(=O)O)CCNC2)ccc1C(=O)NC1C2CC3CC(C2)CC1C3. The van der Waals surface area contributed by atoms with Crippen molar-refractivity contribution < 1.29 is 29.4 Å². The highest BCUT2D eigenvalue weighted by molar-refractivity contribution is 7.99. The summed E-state index contributed by atoms with van der Waals surface area (Å²) in [5.74, 6) is 6.92. The number of nitrogens with one attached hydrogen (secondary N) is 3. The number of anilines is 1. The molecule has 2 aromatic rings. The Balaban J connectivity index is 0.000000160. The van der Waals surface area contributed by atoms with Gasteiger partial charge in [0.05, 0.1) is 17.5 Å². The lowest BCUT2D eigenvalue weighted by Gasteiger charge is -2.54. The van der Waals surface area contributed by atoms with E-state index in [-0.39, 0.29) is 18.2 Å². The lowest BCUT2D eigenvalue weighted by atomic mass is 9.54. The molecule has 0 radical (unpaired) electrons. The molecule has 10 fully saturated rings. The minimum absolute atomic E-state index is 0.00282. The molecule has 2 atom stereocenters. The van der Waals surface area contributed by atoms with Gasteiger partial charge in [0.2, 0.25) is 0 Å². The van der Waals surface area contributed by atoms with E-state index in [2.05, 4.69) is 29.8 Å². The number of rotatable bonds is 15. The van der Waals surface area contributed by atoms with Crippen LogP contribution in [0.5, 0.6) is 0 Å². The van der Waals surface area contributed by atoms with Gasteiger partial charge in [0.1, 0.15) is 21.9 Å². The molecule has 14 heteroatoms. The molecule has 8 saturated carbocycles. The normalized spacial score (nSPS) is 34.4. The second-order valence-electron chi connectivity index (χ2n) is 20.6. The first-order valence-corrected chi connectivity index (χ1v) is 26.3. The number of hydrogen-bond acceptors (Lipinski definition) is 10. The Morgan fingerprint density at radius 1 is 0.730 bits per heavy atom. The number of pyridine rings is 2. The van der Waals surface area contributed by atoms with E-state index in [0.717, 1.165) is 83.2 Å². The van der Waals surface area contributed by atoms with Crippen molar-refractivity contribution in [3.63, 3.8) is 0 Å². The van der Waals surface area contributed by atoms with Gasteiger partial charge in [-0.05, 0) is 186 Å². The molecule has 0 aromatic carbocycles. The van der Waals surface area contributed by atoms with Crippen LogP contribution in [-0.2, 0) is 15.0 Å². The molecule has 4 heterocycles. The van der Waals surface area contributed by atoms with Crippen LogP contribution in [-0.4, -0.2) is 93.2 Å². The predicted molar refractivity (Wildman–Crippen MR) is 247 cm³/mol. The highest BCUT2D eigenvalue weighted by Crippen LogP contribution is 2.55. The number of hydrogen-bond donors (Lipinski definition) is 5. The summed E-state index contributed by atoms with van der Waals surface area (Å²) < 4.78 is 0. The zero-order chi connectivity index (χ0) is 43.8. The Morgan fingerprint density at radius 3 is 1.70 bits per heavy atom. The maximum Gasteiger partial charge on any atom is 0.326 e. The zero-order valence-electron chi connectivity index (χ0n) is 37.2. The van der Waals surface area contributed by atoms with Crippen molar-refractivity contribution in [2.24, 2.45) is 47.3 Å². The van der Waals surface area contributed by atoms with E-state index in [4.69, 9.17) is 9.97 Å². The molecule has 2 saturated heterocycles. The van der Waals surface area contributed by atoms with E-state index >= 15 is 0 Å². The van der Waals surface area contributed by atoms with Crippen molar-refractivity contribution >= 4 is 53.1 Å². The summed E-state index contributed by atoms with van der Waals surface area (Å²) in [5, 5.41) is 30.7. The molecular weight excluding hydrogens is 833 g/mol. The van der Waals surface area contributed by atoms with E-state index < -0.39 is 23.4 Å². The fourth-order valence-corrected chi connectivity index (χ4v) is 15.6. The van der Waals surface area contributed by atoms with E-state index in [0.29, 0.717) is 72.2 Å². The summed E-state index contributed by atoms with van der Waals surface area (Å²) in [6.07, 6.45) is 17.3. The number of aliphatic carboxylic acids is 2. The maximum absolute atomic E-state index is 13.4. The van der Waals surface area contributed by atoms with Gasteiger partial charge in [-0.1, -0.05) is 13.8 Å². The fraction of sp³-hybridized carbons (Fsp3) is 0.714. The fourth-order valence-electron chi connectivity index (χ4n) is 13.9. The van der Waals surface area contributed by atoms with Gasteiger partial charge in [0.15, 0.2) is 0 Å². The van der Waals surface area contributed by atoms with Gasteiger partial charge in [-0.2, -0.15) is 0 Å². The third-order valence-corrected chi connectivity index (χ3v) is 18.6. The minimum atomic E-state index is -0.804. The van der Waals surface area contributed by atoms with Crippen LogP contribution < -0.4 is 20.9 Å². The first-order valence-electron chi connectivity index (χ1n) is 24.3. The number of thioether (sulfide) groups is 2. The summed E-state index contributed by atoms with van der Waals surface area (Å²) in [6.45, 7) is 6.34. The van der Waals surface area contributed by atoms with Crippen LogP contribution in [0, 0.1) is 47.3 Å². The number of carbonyl (C=O) groups excluding carboxylic acids is 2. The molecule has 12 nitrogen and oxygen atoms in total. The molecule has 8 bridgehead atoms. The Hall–Kier alpha value is -3.36. The van der Waals surface area contributed by atoms with Crippen LogP contribution in [0.25, 0.3) is 0 Å². The number of carboxylic acid groups (broad SMARTS) is 2. The third-order valence-electron chi connectivity index (χ3n) is 16.2. The molecule has 2 aromatic heterocycles. The Morgan fingerprint density at radius 2 is 1.24 bits per heavy atom. The lowest BCUT2D eigenvalue weighted by Crippen LogP contribution is -2.55. The van der Waals surface area contributed by atoms with Gasteiger partial charge in [-0.25, -0.2) is 14.8 Å². The molecule has 12 rings (SSSR count). The topological polar surface area (TPSA) is 174 Å². The van der Waals surface area contributed by atoms with Crippen LogP contribution in [0.2, 0.25) is 0 Å². The summed E-state index contributed by atoms with van der Waals surface area (Å²) in [5.41, 5.74) is 1.60. The molecular formula is C49H68N6O6S2. The second-order valence-corrected chi connectivity index (χ2v) is 22.8. The zero-order valence-corrected chi connectivity index (χ0v) is 38.8. The van der Waals surface area contributed by atoms with E-state index in [9.17, 15) is 29.4 Å². The predicted octanol–water partition coefficient (Wildman–Crippen LogP) is 8.04. The van der Waals surface area contributed by atoms with Crippen molar-refractivity contribution in [2.75, 3.05) is 36.0 Å². The van der Waals surface area contributed by atoms with Gasteiger partial charge in [0.25, 0.3) is 11.8 Å². The third kappa shape index (κ3) is 9.51. The maximum atomic E-state index is 13.4. The van der Waals surface area contributed by atoms with Crippen molar-refractivity contribution in [1.29, 1.82) is 0 Å². The van der Waals surface area contributed by atoms with Gasteiger partial charge < -0.3 is 31.1 Å². The smallest absolute Gasteiger partial charge is 0.326 e. The standard InChI is InChI=1S/C25H35N3O3S.C24H33N3O3S/c1-2-7-32-24-19(3-4-20(27-24)25(13-21(29)30)5-6-26-14-25)23(31)28-22-17-9-15-8-16(11-17)12-18(22)10-15;1-2-8-31-23-18(5-6-20(25-23)27-7-3-4-19(27)24(29)30)22(28)26-21-16-10-14-9-15(12-16)13-17(21)11-14/h3-4,15-18,22,26H,2,5-14H2,1H3,(H,28,31)(H,29,30);5-6,14-17,19,21H,2-4,7-13H2,1H3,(H,26,28)(H,29,30)/t15?,16?,17?,18?,22?,25-;14?,15?,16?,17?,19-,21?/m10/s1. The average molecular weight is 901 g/mol. The highest BCUT2D eigenvalue weighted by atomic mass is 32.2. The van der Waals surface area contributed by atoms with Crippen molar-refractivity contribution in [3.05, 3.63) is 41.1 Å². The summed E-state index contributed by atoms with van der Waals surface area (Å²) in [4.78, 5) is 61.6. The first-order chi connectivity index (χ1) is 30.5. The Kier molecular flexibility index (Phi) is 13.7. The van der Waals surface area contributed by atoms with Crippen molar-refractivity contribution in [3.8, 4) is 0 Å².